The Labute approximate surface area is 154 Å². The van der Waals surface area contributed by atoms with Gasteiger partial charge in [0.2, 0.25) is 5.91 Å². The van der Waals surface area contributed by atoms with Gasteiger partial charge in [0.25, 0.3) is 0 Å². The quantitative estimate of drug-likeness (QED) is 0.827. The minimum atomic E-state index is -0.0553. The molecule has 2 aromatic rings. The second-order valence-corrected chi connectivity index (χ2v) is 7.37. The van der Waals surface area contributed by atoms with Crippen LogP contribution in [-0.4, -0.2) is 41.6 Å². The lowest BCUT2D eigenvalue weighted by molar-refractivity contribution is -0.117. The van der Waals surface area contributed by atoms with Gasteiger partial charge in [-0.15, -0.1) is 0 Å². The number of rotatable bonds is 6. The van der Waals surface area contributed by atoms with Crippen LogP contribution in [0.3, 0.4) is 0 Å². The van der Waals surface area contributed by atoms with Crippen molar-refractivity contribution in [3.63, 3.8) is 0 Å². The van der Waals surface area contributed by atoms with Crippen molar-refractivity contribution in [1.29, 1.82) is 0 Å². The number of anilines is 2. The first-order valence-corrected chi connectivity index (χ1v) is 9.31. The summed E-state index contributed by atoms with van der Waals surface area (Å²) in [6.07, 6.45) is 2.20. The molecule has 1 atom stereocenters. The molecular formula is C20H28N4O2. The normalized spacial score (nSPS) is 18.1. The Hall–Kier alpha value is -2.34. The summed E-state index contributed by atoms with van der Waals surface area (Å²) < 4.78 is 4.97. The minimum Gasteiger partial charge on any atom is -0.381 e. The van der Waals surface area contributed by atoms with E-state index in [4.69, 9.17) is 4.52 Å². The van der Waals surface area contributed by atoms with Crippen LogP contribution in [0, 0.1) is 6.92 Å². The van der Waals surface area contributed by atoms with E-state index in [0.717, 1.165) is 31.6 Å². The molecule has 2 heterocycles. The third-order valence-corrected chi connectivity index (χ3v) is 4.72. The summed E-state index contributed by atoms with van der Waals surface area (Å²) in [4.78, 5) is 14.4. The third kappa shape index (κ3) is 5.08. The molecule has 6 heteroatoms. The largest absolute Gasteiger partial charge is 0.381 e. The van der Waals surface area contributed by atoms with E-state index in [1.807, 2.05) is 0 Å². The number of nitrogens with zero attached hydrogens (tertiary/aromatic N) is 2. The molecule has 1 aliphatic heterocycles. The van der Waals surface area contributed by atoms with Gasteiger partial charge in [-0.2, -0.15) is 0 Å². The summed E-state index contributed by atoms with van der Waals surface area (Å²) in [5.41, 5.74) is 2.49. The lowest BCUT2D eigenvalue weighted by Crippen LogP contribution is -2.45. The van der Waals surface area contributed by atoms with Crippen molar-refractivity contribution in [2.45, 2.75) is 45.6 Å². The number of hydrogen-bond acceptors (Lipinski definition) is 5. The third-order valence-electron chi connectivity index (χ3n) is 4.72. The predicted molar refractivity (Wildman–Crippen MR) is 103 cm³/mol. The smallest absolute Gasteiger partial charge is 0.239 e. The topological polar surface area (TPSA) is 70.4 Å². The number of carbonyl (C=O) groups is 1. The zero-order valence-electron chi connectivity index (χ0n) is 15.8. The van der Waals surface area contributed by atoms with Crippen LogP contribution >= 0.6 is 0 Å². The van der Waals surface area contributed by atoms with Gasteiger partial charge in [0.1, 0.15) is 5.76 Å². The molecule has 0 radical (unpaired) electrons. The fraction of sp³-hybridized carbons (Fsp3) is 0.500. The van der Waals surface area contributed by atoms with E-state index in [9.17, 15) is 4.79 Å². The number of nitrogens with one attached hydrogen (secondary N) is 2. The summed E-state index contributed by atoms with van der Waals surface area (Å²) in [7, 11) is 0. The van der Waals surface area contributed by atoms with Crippen molar-refractivity contribution in [2.24, 2.45) is 0 Å². The number of likely N-dealkylation sites (tertiary alicyclic amines) is 1. The SMILES string of the molecule is Cc1cc(NC(=O)CN2CCC[C@H](Nc3ccc(C(C)C)cc3)C2)no1. The maximum atomic E-state index is 12.2. The summed E-state index contributed by atoms with van der Waals surface area (Å²) in [6.45, 7) is 8.38. The molecule has 2 N–H and O–H groups in total. The van der Waals surface area contributed by atoms with Crippen LogP contribution in [0.1, 0.15) is 43.9 Å². The highest BCUT2D eigenvalue weighted by Crippen LogP contribution is 2.20. The monoisotopic (exact) mass is 356 g/mol. The summed E-state index contributed by atoms with van der Waals surface area (Å²) in [6, 6.07) is 10.7. The number of aryl methyl sites for hydroxylation is 1. The van der Waals surface area contributed by atoms with Crippen LogP contribution in [-0.2, 0) is 4.79 Å². The van der Waals surface area contributed by atoms with E-state index in [1.54, 1.807) is 13.0 Å². The number of carbonyl (C=O) groups excluding carboxylic acids is 1. The lowest BCUT2D eigenvalue weighted by Gasteiger charge is -2.33. The number of hydrogen-bond donors (Lipinski definition) is 2. The van der Waals surface area contributed by atoms with E-state index < -0.39 is 0 Å². The van der Waals surface area contributed by atoms with Crippen LogP contribution < -0.4 is 10.6 Å². The molecule has 1 aliphatic rings. The summed E-state index contributed by atoms with van der Waals surface area (Å²) in [5.74, 6) is 1.65. The molecule has 6 nitrogen and oxygen atoms in total. The Bertz CT molecular complexity index is 724. The molecule has 1 amide bonds. The van der Waals surface area contributed by atoms with E-state index in [1.165, 1.54) is 5.56 Å². The Balaban J connectivity index is 1.49. The van der Waals surface area contributed by atoms with E-state index in [0.29, 0.717) is 30.1 Å². The number of aromatic nitrogens is 1. The van der Waals surface area contributed by atoms with Crippen molar-refractivity contribution < 1.29 is 9.32 Å². The molecular weight excluding hydrogens is 328 g/mol. The molecule has 26 heavy (non-hydrogen) atoms. The Morgan fingerprint density at radius 3 is 2.77 bits per heavy atom. The van der Waals surface area contributed by atoms with Crippen molar-refractivity contribution in [3.05, 3.63) is 41.7 Å². The van der Waals surface area contributed by atoms with Crippen LogP contribution in [0.25, 0.3) is 0 Å². The van der Waals surface area contributed by atoms with Gasteiger partial charge in [-0.25, -0.2) is 0 Å². The fourth-order valence-corrected chi connectivity index (χ4v) is 3.33. The van der Waals surface area contributed by atoms with Gasteiger partial charge in [0.15, 0.2) is 5.82 Å². The highest BCUT2D eigenvalue weighted by molar-refractivity contribution is 5.91. The van der Waals surface area contributed by atoms with Crippen LogP contribution in [0.15, 0.2) is 34.9 Å². The molecule has 0 bridgehead atoms. The molecule has 1 aromatic heterocycles. The Morgan fingerprint density at radius 2 is 2.12 bits per heavy atom. The predicted octanol–water partition coefficient (Wildman–Crippen LogP) is 3.62. The molecule has 0 aliphatic carbocycles. The van der Waals surface area contributed by atoms with E-state index in [2.05, 4.69) is 58.8 Å². The zero-order valence-corrected chi connectivity index (χ0v) is 15.8. The summed E-state index contributed by atoms with van der Waals surface area (Å²) in [5, 5.41) is 10.2. The van der Waals surface area contributed by atoms with E-state index in [-0.39, 0.29) is 5.91 Å². The molecule has 1 saturated heterocycles. The van der Waals surface area contributed by atoms with Gasteiger partial charge < -0.3 is 15.2 Å². The van der Waals surface area contributed by atoms with Crippen LogP contribution in [0.4, 0.5) is 11.5 Å². The number of piperidine rings is 1. The van der Waals surface area contributed by atoms with Crippen molar-refractivity contribution in [3.8, 4) is 0 Å². The van der Waals surface area contributed by atoms with Gasteiger partial charge in [-0.3, -0.25) is 9.69 Å². The Morgan fingerprint density at radius 1 is 1.35 bits per heavy atom. The highest BCUT2D eigenvalue weighted by Gasteiger charge is 2.22. The van der Waals surface area contributed by atoms with Gasteiger partial charge in [0.05, 0.1) is 6.54 Å². The minimum absolute atomic E-state index is 0.0553. The highest BCUT2D eigenvalue weighted by atomic mass is 16.5. The van der Waals surface area contributed by atoms with Crippen LogP contribution in [0.2, 0.25) is 0 Å². The van der Waals surface area contributed by atoms with Crippen LogP contribution in [0.5, 0.6) is 0 Å². The first-order valence-electron chi connectivity index (χ1n) is 9.31. The van der Waals surface area contributed by atoms with E-state index >= 15 is 0 Å². The fourth-order valence-electron chi connectivity index (χ4n) is 3.33. The standard InChI is InChI=1S/C20H28N4O2/c1-14(2)16-6-8-17(9-7-16)21-18-5-4-10-24(12-18)13-20(25)22-19-11-15(3)26-23-19/h6-9,11,14,18,21H,4-5,10,12-13H2,1-3H3,(H,22,23,25)/t18-/m0/s1. The van der Waals surface area contributed by atoms with Crippen molar-refractivity contribution in [2.75, 3.05) is 30.3 Å². The van der Waals surface area contributed by atoms with Gasteiger partial charge >= 0.3 is 0 Å². The maximum Gasteiger partial charge on any atom is 0.239 e. The molecule has 0 saturated carbocycles. The van der Waals surface area contributed by atoms with Crippen molar-refractivity contribution in [1.82, 2.24) is 10.1 Å². The maximum absolute atomic E-state index is 12.2. The lowest BCUT2D eigenvalue weighted by atomic mass is 10.0. The average molecular weight is 356 g/mol. The van der Waals surface area contributed by atoms with Gasteiger partial charge in [0, 0.05) is 24.3 Å². The van der Waals surface area contributed by atoms with Gasteiger partial charge in [-0.1, -0.05) is 31.1 Å². The first kappa shape index (κ1) is 18.5. The molecule has 1 aromatic carbocycles. The van der Waals surface area contributed by atoms with Gasteiger partial charge in [-0.05, 0) is 49.9 Å². The molecule has 1 fully saturated rings. The number of amides is 1. The molecule has 3 rings (SSSR count). The molecule has 140 valence electrons. The van der Waals surface area contributed by atoms with Crippen molar-refractivity contribution >= 4 is 17.4 Å². The Kier molecular flexibility index (Phi) is 5.93. The first-order chi connectivity index (χ1) is 12.5. The molecule has 0 spiro atoms. The summed E-state index contributed by atoms with van der Waals surface area (Å²) >= 11 is 0. The zero-order chi connectivity index (χ0) is 18.5. The average Bonchev–Trinajstić information content (AvgIpc) is 3.00. The number of benzene rings is 1. The molecule has 0 unspecified atom stereocenters. The second-order valence-electron chi connectivity index (χ2n) is 7.37. The second kappa shape index (κ2) is 8.36.